The lowest BCUT2D eigenvalue weighted by Crippen LogP contribution is -1.78. The second kappa shape index (κ2) is 3.60. The van der Waals surface area contributed by atoms with E-state index in [1.165, 1.54) is 11.3 Å². The van der Waals surface area contributed by atoms with Gasteiger partial charge < -0.3 is 5.11 Å². The number of nitrogens with zero attached hydrogens (tertiary/aromatic N) is 1. The van der Waals surface area contributed by atoms with Crippen LogP contribution in [0.5, 0.6) is 5.75 Å². The van der Waals surface area contributed by atoms with Crippen LogP contribution in [0.3, 0.4) is 0 Å². The van der Waals surface area contributed by atoms with Crippen LogP contribution in [0.2, 0.25) is 0 Å². The molecule has 0 aliphatic carbocycles. The highest BCUT2D eigenvalue weighted by molar-refractivity contribution is 9.10. The Morgan fingerprint density at radius 1 is 1.50 bits per heavy atom. The summed E-state index contributed by atoms with van der Waals surface area (Å²) in [5.41, 5.74) is 0.895. The van der Waals surface area contributed by atoms with Crippen molar-refractivity contribution in [1.82, 2.24) is 0 Å². The predicted octanol–water partition coefficient (Wildman–Crippen LogP) is 3.44. The summed E-state index contributed by atoms with van der Waals surface area (Å²) in [7, 11) is 0. The maximum absolute atomic E-state index is 9.67. The van der Waals surface area contributed by atoms with Crippen LogP contribution in [-0.2, 0) is 6.42 Å². The van der Waals surface area contributed by atoms with Crippen molar-refractivity contribution in [3.05, 3.63) is 27.5 Å². The average molecular weight is 268 g/mol. The monoisotopic (exact) mass is 267 g/mol. The molecule has 14 heavy (non-hydrogen) atoms. The zero-order valence-corrected chi connectivity index (χ0v) is 9.52. The van der Waals surface area contributed by atoms with Crippen molar-refractivity contribution in [3.63, 3.8) is 0 Å². The lowest BCUT2D eigenvalue weighted by molar-refractivity contribution is 0.481. The summed E-state index contributed by atoms with van der Waals surface area (Å²) < 4.78 is 1.95. The van der Waals surface area contributed by atoms with E-state index in [0.29, 0.717) is 6.42 Å². The summed E-state index contributed by atoms with van der Waals surface area (Å²) in [4.78, 5) is 0. The van der Waals surface area contributed by atoms with Crippen molar-refractivity contribution in [2.24, 2.45) is 0 Å². The Labute approximate surface area is 93.5 Å². The Balaban J connectivity index is 2.78. The fourth-order valence-corrected chi connectivity index (χ4v) is 2.98. The van der Waals surface area contributed by atoms with E-state index >= 15 is 0 Å². The van der Waals surface area contributed by atoms with E-state index in [9.17, 15) is 5.11 Å². The topological polar surface area (TPSA) is 44.0 Å². The molecule has 1 heterocycles. The van der Waals surface area contributed by atoms with Gasteiger partial charge in [-0.05, 0) is 39.0 Å². The maximum atomic E-state index is 9.67. The Morgan fingerprint density at radius 2 is 2.29 bits per heavy atom. The summed E-state index contributed by atoms with van der Waals surface area (Å²) in [5.74, 6) is 0.245. The van der Waals surface area contributed by atoms with Crippen LogP contribution in [-0.4, -0.2) is 5.11 Å². The lowest BCUT2D eigenvalue weighted by Gasteiger charge is -1.98. The Kier molecular flexibility index (Phi) is 2.44. The molecular weight excluding hydrogens is 262 g/mol. The molecule has 0 saturated carbocycles. The molecule has 0 saturated heterocycles. The molecular formula is C10H6BrNOS. The number of phenolic OH excluding ortho intramolecular Hbond substituents is 1. The standard InChI is InChI=1S/C10H6BrNOS/c11-7-1-2-8(13)9-6(3-4-12)5-14-10(7)9/h1-2,5,13H,3H2. The van der Waals surface area contributed by atoms with Gasteiger partial charge in [-0.1, -0.05) is 0 Å². The number of aromatic hydroxyl groups is 1. The van der Waals surface area contributed by atoms with Crippen molar-refractivity contribution in [3.8, 4) is 11.8 Å². The van der Waals surface area contributed by atoms with Crippen molar-refractivity contribution in [2.45, 2.75) is 6.42 Å². The number of halogens is 1. The highest BCUT2D eigenvalue weighted by Gasteiger charge is 2.10. The van der Waals surface area contributed by atoms with E-state index < -0.39 is 0 Å². The van der Waals surface area contributed by atoms with Crippen LogP contribution in [0, 0.1) is 11.3 Å². The minimum Gasteiger partial charge on any atom is -0.507 e. The second-order valence-electron chi connectivity index (χ2n) is 2.87. The molecule has 0 amide bonds. The van der Waals surface area contributed by atoms with Gasteiger partial charge in [0, 0.05) is 9.86 Å². The van der Waals surface area contributed by atoms with Crippen LogP contribution in [0.15, 0.2) is 22.0 Å². The van der Waals surface area contributed by atoms with Gasteiger partial charge in [-0.3, -0.25) is 0 Å². The third-order valence-corrected chi connectivity index (χ3v) is 3.98. The molecule has 0 radical (unpaired) electrons. The van der Waals surface area contributed by atoms with Gasteiger partial charge in [0.15, 0.2) is 0 Å². The largest absolute Gasteiger partial charge is 0.507 e. The van der Waals surface area contributed by atoms with Crippen LogP contribution in [0.4, 0.5) is 0 Å². The fourth-order valence-electron chi connectivity index (χ4n) is 1.38. The first kappa shape index (κ1) is 9.50. The second-order valence-corrected chi connectivity index (χ2v) is 4.60. The minimum absolute atomic E-state index is 0.245. The van der Waals surface area contributed by atoms with Gasteiger partial charge in [-0.25, -0.2) is 0 Å². The number of benzene rings is 1. The molecule has 0 atom stereocenters. The molecule has 1 aromatic carbocycles. The molecule has 1 N–H and O–H groups in total. The normalized spacial score (nSPS) is 10.3. The van der Waals surface area contributed by atoms with E-state index in [4.69, 9.17) is 5.26 Å². The molecule has 4 heteroatoms. The van der Waals surface area contributed by atoms with Gasteiger partial charge in [0.1, 0.15) is 5.75 Å². The Morgan fingerprint density at radius 3 is 3.00 bits per heavy atom. The van der Waals surface area contributed by atoms with E-state index in [1.807, 2.05) is 11.4 Å². The fraction of sp³-hybridized carbons (Fsp3) is 0.100. The van der Waals surface area contributed by atoms with Gasteiger partial charge in [-0.2, -0.15) is 5.26 Å². The van der Waals surface area contributed by atoms with Gasteiger partial charge in [0.2, 0.25) is 0 Å². The zero-order valence-electron chi connectivity index (χ0n) is 7.12. The molecule has 0 bridgehead atoms. The third-order valence-electron chi connectivity index (χ3n) is 2.00. The lowest BCUT2D eigenvalue weighted by atomic mass is 10.1. The molecule has 0 aliphatic rings. The van der Waals surface area contributed by atoms with E-state index in [1.54, 1.807) is 6.07 Å². The third kappa shape index (κ3) is 1.39. The number of hydrogen-bond donors (Lipinski definition) is 1. The number of rotatable bonds is 1. The van der Waals surface area contributed by atoms with Crippen LogP contribution >= 0.6 is 27.3 Å². The summed E-state index contributed by atoms with van der Waals surface area (Å²) in [6, 6.07) is 5.54. The number of fused-ring (bicyclic) bond motifs is 1. The molecule has 70 valence electrons. The predicted molar refractivity (Wildman–Crippen MR) is 60.5 cm³/mol. The summed E-state index contributed by atoms with van der Waals surface area (Å²) in [6.07, 6.45) is 0.337. The summed E-state index contributed by atoms with van der Waals surface area (Å²) in [6.45, 7) is 0. The molecule has 2 rings (SSSR count). The number of nitriles is 1. The first-order chi connectivity index (χ1) is 6.74. The van der Waals surface area contributed by atoms with Crippen LogP contribution < -0.4 is 0 Å². The molecule has 2 aromatic rings. The average Bonchev–Trinajstić information content (AvgIpc) is 2.58. The molecule has 0 spiro atoms. The first-order valence-corrected chi connectivity index (χ1v) is 5.66. The highest BCUT2D eigenvalue weighted by Crippen LogP contribution is 2.38. The van der Waals surface area contributed by atoms with E-state index in [-0.39, 0.29) is 5.75 Å². The number of phenols is 1. The summed E-state index contributed by atoms with van der Waals surface area (Å²) in [5, 5.41) is 21.0. The molecule has 0 aliphatic heterocycles. The van der Waals surface area contributed by atoms with E-state index in [2.05, 4.69) is 22.0 Å². The Bertz CT molecular complexity index is 527. The van der Waals surface area contributed by atoms with Crippen molar-refractivity contribution < 1.29 is 5.11 Å². The Hall–Kier alpha value is -1.05. The van der Waals surface area contributed by atoms with Gasteiger partial charge in [0.05, 0.1) is 17.2 Å². The summed E-state index contributed by atoms with van der Waals surface area (Å²) >= 11 is 4.95. The molecule has 0 fully saturated rings. The minimum atomic E-state index is 0.245. The molecule has 0 unspecified atom stereocenters. The number of hydrogen-bond acceptors (Lipinski definition) is 3. The highest BCUT2D eigenvalue weighted by atomic mass is 79.9. The van der Waals surface area contributed by atoms with Crippen molar-refractivity contribution in [1.29, 1.82) is 5.26 Å². The van der Waals surface area contributed by atoms with Crippen molar-refractivity contribution >= 4 is 37.4 Å². The van der Waals surface area contributed by atoms with Gasteiger partial charge in [-0.15, -0.1) is 11.3 Å². The van der Waals surface area contributed by atoms with Gasteiger partial charge >= 0.3 is 0 Å². The van der Waals surface area contributed by atoms with Crippen LogP contribution in [0.25, 0.3) is 10.1 Å². The molecule has 1 aromatic heterocycles. The SMILES string of the molecule is N#CCc1csc2c(Br)ccc(O)c12. The quantitative estimate of drug-likeness (QED) is 0.861. The van der Waals surface area contributed by atoms with Gasteiger partial charge in [0.25, 0.3) is 0 Å². The van der Waals surface area contributed by atoms with E-state index in [0.717, 1.165) is 20.1 Å². The zero-order chi connectivity index (χ0) is 10.1. The smallest absolute Gasteiger partial charge is 0.124 e. The maximum Gasteiger partial charge on any atom is 0.124 e. The number of thiophene rings is 1. The van der Waals surface area contributed by atoms with Crippen molar-refractivity contribution in [2.75, 3.05) is 0 Å². The first-order valence-electron chi connectivity index (χ1n) is 3.98. The van der Waals surface area contributed by atoms with Crippen LogP contribution in [0.1, 0.15) is 5.56 Å². The molecule has 2 nitrogen and oxygen atoms in total.